The van der Waals surface area contributed by atoms with E-state index in [-0.39, 0.29) is 0 Å². The van der Waals surface area contributed by atoms with E-state index in [2.05, 4.69) is 33.8 Å². The number of anilines is 1. The van der Waals surface area contributed by atoms with Crippen molar-refractivity contribution in [1.82, 2.24) is 19.7 Å². The summed E-state index contributed by atoms with van der Waals surface area (Å²) in [5.74, 6) is 1.66. The number of aromatic nitrogens is 4. The van der Waals surface area contributed by atoms with Gasteiger partial charge in [0.2, 0.25) is 5.95 Å². The van der Waals surface area contributed by atoms with Crippen molar-refractivity contribution in [3.8, 4) is 0 Å². The van der Waals surface area contributed by atoms with E-state index in [9.17, 15) is 0 Å². The molecule has 120 valence electrons. The molecule has 0 unspecified atom stereocenters. The number of nitrogens with one attached hydrogen (secondary N) is 1. The summed E-state index contributed by atoms with van der Waals surface area (Å²) in [6, 6.07) is 0.384. The average Bonchev–Trinajstić information content (AvgIpc) is 2.87. The van der Waals surface area contributed by atoms with E-state index in [1.54, 1.807) is 0 Å². The third-order valence-electron chi connectivity index (χ3n) is 4.61. The third kappa shape index (κ3) is 2.92. The number of fused-ring (bicyclic) bond motifs is 1. The van der Waals surface area contributed by atoms with Gasteiger partial charge in [0.25, 0.3) is 0 Å². The van der Waals surface area contributed by atoms with Crippen LogP contribution < -0.4 is 11.1 Å². The van der Waals surface area contributed by atoms with Gasteiger partial charge in [-0.1, -0.05) is 13.8 Å². The summed E-state index contributed by atoms with van der Waals surface area (Å²) in [7, 11) is 1.84. The van der Waals surface area contributed by atoms with Crippen molar-refractivity contribution < 1.29 is 0 Å². The fourth-order valence-corrected chi connectivity index (χ4v) is 3.27. The van der Waals surface area contributed by atoms with Crippen molar-refractivity contribution in [2.24, 2.45) is 11.7 Å². The molecule has 0 radical (unpaired) electrons. The Bertz CT molecular complexity index is 639. The molecule has 2 heterocycles. The summed E-state index contributed by atoms with van der Waals surface area (Å²) < 4.78 is 2.08. The third-order valence-corrected chi connectivity index (χ3v) is 4.61. The highest BCUT2D eigenvalue weighted by Crippen LogP contribution is 2.28. The topological polar surface area (TPSA) is 81.7 Å². The Morgan fingerprint density at radius 2 is 2.05 bits per heavy atom. The van der Waals surface area contributed by atoms with Crippen LogP contribution in [-0.4, -0.2) is 32.8 Å². The van der Waals surface area contributed by atoms with E-state index >= 15 is 0 Å². The predicted octanol–water partition coefficient (Wildman–Crippen LogP) is 2.51. The van der Waals surface area contributed by atoms with Crippen LogP contribution in [0.1, 0.15) is 51.1 Å². The van der Waals surface area contributed by atoms with Crippen molar-refractivity contribution >= 4 is 17.0 Å². The van der Waals surface area contributed by atoms with Gasteiger partial charge in [-0.05, 0) is 37.5 Å². The van der Waals surface area contributed by atoms with Gasteiger partial charge in [-0.3, -0.25) is 0 Å². The highest BCUT2D eigenvalue weighted by Gasteiger charge is 2.22. The molecule has 6 heteroatoms. The Morgan fingerprint density at radius 3 is 2.68 bits per heavy atom. The highest BCUT2D eigenvalue weighted by atomic mass is 15.3. The van der Waals surface area contributed by atoms with Crippen LogP contribution >= 0.6 is 0 Å². The average molecular weight is 302 g/mol. The lowest BCUT2D eigenvalue weighted by atomic mass is 9.86. The van der Waals surface area contributed by atoms with E-state index in [1.165, 1.54) is 12.8 Å². The first-order chi connectivity index (χ1) is 10.6. The van der Waals surface area contributed by atoms with E-state index in [4.69, 9.17) is 10.8 Å². The Labute approximate surface area is 131 Å². The number of rotatable bonds is 4. The lowest BCUT2D eigenvalue weighted by Gasteiger charge is -2.25. The minimum absolute atomic E-state index is 0.368. The Kier molecular flexibility index (Phi) is 4.29. The van der Waals surface area contributed by atoms with Crippen LogP contribution in [0.3, 0.4) is 0 Å². The number of nitrogens with two attached hydrogens (primary N) is 1. The second kappa shape index (κ2) is 6.20. The zero-order valence-electron chi connectivity index (χ0n) is 13.7. The van der Waals surface area contributed by atoms with Crippen molar-refractivity contribution in [3.05, 3.63) is 11.9 Å². The van der Waals surface area contributed by atoms with Gasteiger partial charge < -0.3 is 11.1 Å². The van der Waals surface area contributed by atoms with E-state index in [1.807, 2.05) is 13.2 Å². The van der Waals surface area contributed by atoms with Gasteiger partial charge in [0.15, 0.2) is 5.65 Å². The molecular formula is C16H26N6. The molecule has 0 saturated heterocycles. The molecule has 3 N–H and O–H groups in total. The molecule has 0 aliphatic heterocycles. The summed E-state index contributed by atoms with van der Waals surface area (Å²) in [5, 5.41) is 8.92. The highest BCUT2D eigenvalue weighted by molar-refractivity contribution is 5.79. The summed E-state index contributed by atoms with van der Waals surface area (Å²) in [4.78, 5) is 8.98. The summed E-state index contributed by atoms with van der Waals surface area (Å²) in [6.45, 7) is 5.26. The minimum Gasteiger partial charge on any atom is -0.357 e. The van der Waals surface area contributed by atoms with Gasteiger partial charge in [-0.2, -0.15) is 10.1 Å². The van der Waals surface area contributed by atoms with Crippen LogP contribution in [0.5, 0.6) is 0 Å². The molecule has 2 aromatic rings. The van der Waals surface area contributed by atoms with Gasteiger partial charge in [-0.25, -0.2) is 9.67 Å². The zero-order valence-corrected chi connectivity index (χ0v) is 13.7. The largest absolute Gasteiger partial charge is 0.357 e. The van der Waals surface area contributed by atoms with Crippen molar-refractivity contribution in [2.75, 3.05) is 12.4 Å². The quantitative estimate of drug-likeness (QED) is 0.907. The standard InChI is InChI=1S/C16H26N6/c1-10(2)14-13-8-19-16(18-3)20-15(13)22(21-14)9-11-4-6-12(17)7-5-11/h8,10-12H,4-7,9,17H2,1-3H3,(H,18,19,20). The maximum absolute atomic E-state index is 6.01. The molecule has 0 aromatic carbocycles. The fraction of sp³-hybridized carbons (Fsp3) is 0.688. The van der Waals surface area contributed by atoms with Crippen LogP contribution in [0.2, 0.25) is 0 Å². The van der Waals surface area contributed by atoms with Crippen molar-refractivity contribution in [3.63, 3.8) is 0 Å². The molecular weight excluding hydrogens is 276 g/mol. The Balaban J connectivity index is 1.93. The first kappa shape index (κ1) is 15.2. The fourth-order valence-electron chi connectivity index (χ4n) is 3.27. The second-order valence-electron chi connectivity index (χ2n) is 6.68. The lowest BCUT2D eigenvalue weighted by Crippen LogP contribution is -2.28. The summed E-state index contributed by atoms with van der Waals surface area (Å²) in [6.07, 6.45) is 6.51. The van der Waals surface area contributed by atoms with Crippen molar-refractivity contribution in [1.29, 1.82) is 0 Å². The molecule has 0 bridgehead atoms. The molecule has 0 atom stereocenters. The number of hydrogen-bond donors (Lipinski definition) is 2. The van der Waals surface area contributed by atoms with Crippen molar-refractivity contribution in [2.45, 2.75) is 58.0 Å². The summed E-state index contributed by atoms with van der Waals surface area (Å²) in [5.41, 5.74) is 8.04. The van der Waals surface area contributed by atoms with Crippen LogP contribution in [0.4, 0.5) is 5.95 Å². The molecule has 0 spiro atoms. The molecule has 1 saturated carbocycles. The van der Waals surface area contributed by atoms with E-state index in [0.717, 1.165) is 36.1 Å². The molecule has 3 rings (SSSR count). The van der Waals surface area contributed by atoms with Crippen LogP contribution in [0.25, 0.3) is 11.0 Å². The molecule has 6 nitrogen and oxygen atoms in total. The van der Waals surface area contributed by atoms with Gasteiger partial charge in [0.05, 0.1) is 11.1 Å². The molecule has 0 amide bonds. The van der Waals surface area contributed by atoms with Gasteiger partial charge >= 0.3 is 0 Å². The number of nitrogens with zero attached hydrogens (tertiary/aromatic N) is 4. The normalized spacial score (nSPS) is 22.4. The smallest absolute Gasteiger partial charge is 0.224 e. The van der Waals surface area contributed by atoms with Gasteiger partial charge in [0.1, 0.15) is 0 Å². The minimum atomic E-state index is 0.368. The molecule has 2 aromatic heterocycles. The monoisotopic (exact) mass is 302 g/mol. The molecule has 1 aliphatic rings. The summed E-state index contributed by atoms with van der Waals surface area (Å²) >= 11 is 0. The van der Waals surface area contributed by atoms with Crippen LogP contribution in [-0.2, 0) is 6.54 Å². The molecule has 1 fully saturated rings. The molecule has 22 heavy (non-hydrogen) atoms. The first-order valence-corrected chi connectivity index (χ1v) is 8.25. The Morgan fingerprint density at radius 1 is 1.32 bits per heavy atom. The van der Waals surface area contributed by atoms with Gasteiger partial charge in [0, 0.05) is 25.8 Å². The van der Waals surface area contributed by atoms with E-state index < -0.39 is 0 Å². The lowest BCUT2D eigenvalue weighted by molar-refractivity contribution is 0.287. The van der Waals surface area contributed by atoms with E-state index in [0.29, 0.717) is 23.8 Å². The van der Waals surface area contributed by atoms with Crippen LogP contribution in [0.15, 0.2) is 6.20 Å². The first-order valence-electron chi connectivity index (χ1n) is 8.25. The van der Waals surface area contributed by atoms with Gasteiger partial charge in [-0.15, -0.1) is 0 Å². The maximum atomic E-state index is 6.01. The number of hydrogen-bond acceptors (Lipinski definition) is 5. The zero-order chi connectivity index (χ0) is 15.7. The molecule has 1 aliphatic carbocycles. The van der Waals surface area contributed by atoms with Crippen LogP contribution in [0, 0.1) is 5.92 Å². The SMILES string of the molecule is CNc1ncc2c(C(C)C)nn(CC3CCC(N)CC3)c2n1. The Hall–Kier alpha value is -1.69. The second-order valence-corrected chi connectivity index (χ2v) is 6.68. The predicted molar refractivity (Wildman–Crippen MR) is 88.9 cm³/mol. The maximum Gasteiger partial charge on any atom is 0.224 e.